The van der Waals surface area contributed by atoms with E-state index in [0.717, 1.165) is 0 Å². The summed E-state index contributed by atoms with van der Waals surface area (Å²) in [4.78, 5) is 21.3. The van der Waals surface area contributed by atoms with Crippen molar-refractivity contribution in [3.8, 4) is 0 Å². The Hall–Kier alpha value is -1.22. The number of carboxylic acid groups (broad SMARTS) is 2. The second-order valence-corrected chi connectivity index (χ2v) is 3.23. The Bertz CT molecular complexity index is 350. The maximum absolute atomic E-state index is 10.9. The molecule has 0 saturated carbocycles. The van der Waals surface area contributed by atoms with Crippen LogP contribution in [0.1, 0.15) is 24.3 Å². The van der Waals surface area contributed by atoms with Gasteiger partial charge >= 0.3 is 11.9 Å². The van der Waals surface area contributed by atoms with E-state index in [4.69, 9.17) is 10.2 Å². The van der Waals surface area contributed by atoms with Crippen molar-refractivity contribution in [2.24, 2.45) is 0 Å². The summed E-state index contributed by atoms with van der Waals surface area (Å²) in [6, 6.07) is 8.67. The molecule has 1 aromatic rings. The molecule has 5 heteroatoms. The van der Waals surface area contributed by atoms with Gasteiger partial charge < -0.3 is 10.2 Å². The van der Waals surface area contributed by atoms with Crippen LogP contribution in [-0.2, 0) is 29.1 Å². The SMILES string of the molecule is O=C(O)CCC(C(=O)O)c1ccccc1.[Zn]. The average Bonchev–Trinajstić information content (AvgIpc) is 2.18. The van der Waals surface area contributed by atoms with Crippen LogP contribution < -0.4 is 0 Å². The molecule has 0 heterocycles. The van der Waals surface area contributed by atoms with Crippen molar-refractivity contribution in [3.05, 3.63) is 35.9 Å². The standard InChI is InChI=1S/C11H12O4.Zn/c12-10(13)7-6-9(11(14)15)8-4-2-1-3-5-8;/h1-5,9H,6-7H2,(H,12,13)(H,14,15);. The van der Waals surface area contributed by atoms with Gasteiger partial charge in [-0.05, 0) is 12.0 Å². The minimum Gasteiger partial charge on any atom is -0.481 e. The Morgan fingerprint density at radius 2 is 1.69 bits per heavy atom. The van der Waals surface area contributed by atoms with Crippen molar-refractivity contribution in [2.75, 3.05) is 0 Å². The third-order valence-electron chi connectivity index (χ3n) is 2.15. The van der Waals surface area contributed by atoms with Gasteiger partial charge in [-0.15, -0.1) is 0 Å². The van der Waals surface area contributed by atoms with Crippen LogP contribution in [-0.4, -0.2) is 22.2 Å². The smallest absolute Gasteiger partial charge is 0.310 e. The second kappa shape index (κ2) is 7.12. The van der Waals surface area contributed by atoms with Gasteiger partial charge in [0, 0.05) is 25.9 Å². The number of aliphatic carboxylic acids is 2. The molecule has 0 aliphatic heterocycles. The molecule has 1 unspecified atom stereocenters. The molecule has 0 amide bonds. The summed E-state index contributed by atoms with van der Waals surface area (Å²) >= 11 is 0. The molecule has 0 spiro atoms. The maximum Gasteiger partial charge on any atom is 0.310 e. The summed E-state index contributed by atoms with van der Waals surface area (Å²) < 4.78 is 0. The average molecular weight is 274 g/mol. The van der Waals surface area contributed by atoms with Crippen LogP contribution >= 0.6 is 0 Å². The van der Waals surface area contributed by atoms with E-state index in [1.165, 1.54) is 0 Å². The number of carboxylic acids is 2. The van der Waals surface area contributed by atoms with E-state index in [2.05, 4.69) is 0 Å². The van der Waals surface area contributed by atoms with E-state index in [1.54, 1.807) is 30.3 Å². The first kappa shape index (κ1) is 14.8. The van der Waals surface area contributed by atoms with E-state index in [9.17, 15) is 9.59 Å². The summed E-state index contributed by atoms with van der Waals surface area (Å²) in [5.74, 6) is -2.69. The van der Waals surface area contributed by atoms with Crippen molar-refractivity contribution >= 4 is 11.9 Å². The van der Waals surface area contributed by atoms with Crippen LogP contribution in [0.2, 0.25) is 0 Å². The zero-order chi connectivity index (χ0) is 11.3. The Morgan fingerprint density at radius 1 is 1.12 bits per heavy atom. The molecule has 0 saturated heterocycles. The first-order chi connectivity index (χ1) is 7.11. The Balaban J connectivity index is 0.00000225. The molecule has 0 aliphatic rings. The van der Waals surface area contributed by atoms with Crippen molar-refractivity contribution in [3.63, 3.8) is 0 Å². The first-order valence-electron chi connectivity index (χ1n) is 4.61. The van der Waals surface area contributed by atoms with E-state index < -0.39 is 17.9 Å². The summed E-state index contributed by atoms with van der Waals surface area (Å²) in [7, 11) is 0. The van der Waals surface area contributed by atoms with Gasteiger partial charge in [-0.2, -0.15) is 0 Å². The molecule has 82 valence electrons. The fourth-order valence-electron chi connectivity index (χ4n) is 1.39. The van der Waals surface area contributed by atoms with Crippen LogP contribution in [0.4, 0.5) is 0 Å². The third-order valence-corrected chi connectivity index (χ3v) is 2.15. The number of hydrogen-bond donors (Lipinski definition) is 2. The van der Waals surface area contributed by atoms with E-state index in [-0.39, 0.29) is 32.3 Å². The van der Waals surface area contributed by atoms with Crippen molar-refractivity contribution in [1.82, 2.24) is 0 Å². The van der Waals surface area contributed by atoms with Crippen molar-refractivity contribution < 1.29 is 39.3 Å². The molecule has 0 fully saturated rings. The minimum atomic E-state index is -0.984. The molecule has 0 aromatic heterocycles. The Kier molecular flexibility index (Phi) is 6.58. The van der Waals surface area contributed by atoms with Gasteiger partial charge in [0.2, 0.25) is 0 Å². The van der Waals surface area contributed by atoms with Crippen LogP contribution in [0.15, 0.2) is 30.3 Å². The van der Waals surface area contributed by atoms with Gasteiger partial charge in [-0.3, -0.25) is 9.59 Å². The first-order valence-corrected chi connectivity index (χ1v) is 4.61. The van der Waals surface area contributed by atoms with Crippen LogP contribution in [0.3, 0.4) is 0 Å². The van der Waals surface area contributed by atoms with Crippen LogP contribution in [0.5, 0.6) is 0 Å². The summed E-state index contributed by atoms with van der Waals surface area (Å²) in [5, 5.41) is 17.4. The van der Waals surface area contributed by atoms with Crippen molar-refractivity contribution in [2.45, 2.75) is 18.8 Å². The number of hydrogen-bond acceptors (Lipinski definition) is 2. The molecule has 1 aromatic carbocycles. The molecule has 0 aliphatic carbocycles. The van der Waals surface area contributed by atoms with Gasteiger partial charge in [0.15, 0.2) is 0 Å². The zero-order valence-corrected chi connectivity index (χ0v) is 11.8. The molecule has 1 atom stereocenters. The molecule has 2 N–H and O–H groups in total. The van der Waals surface area contributed by atoms with E-state index >= 15 is 0 Å². The predicted molar refractivity (Wildman–Crippen MR) is 53.7 cm³/mol. The largest absolute Gasteiger partial charge is 0.481 e. The quantitative estimate of drug-likeness (QED) is 0.801. The fraction of sp³-hybridized carbons (Fsp3) is 0.273. The molecule has 4 nitrogen and oxygen atoms in total. The maximum atomic E-state index is 10.9. The number of benzene rings is 1. The number of carbonyl (C=O) groups is 2. The van der Waals surface area contributed by atoms with Gasteiger partial charge in [0.05, 0.1) is 5.92 Å². The van der Waals surface area contributed by atoms with Crippen molar-refractivity contribution in [1.29, 1.82) is 0 Å². The monoisotopic (exact) mass is 272 g/mol. The normalized spacial score (nSPS) is 11.2. The zero-order valence-electron chi connectivity index (χ0n) is 8.80. The topological polar surface area (TPSA) is 74.6 Å². The second-order valence-electron chi connectivity index (χ2n) is 3.23. The molecule has 0 radical (unpaired) electrons. The fourth-order valence-corrected chi connectivity index (χ4v) is 1.39. The van der Waals surface area contributed by atoms with Crippen LogP contribution in [0, 0.1) is 0 Å². The summed E-state index contributed by atoms with van der Waals surface area (Å²) in [5.41, 5.74) is 0.645. The van der Waals surface area contributed by atoms with E-state index in [0.29, 0.717) is 5.56 Å². The van der Waals surface area contributed by atoms with Gasteiger partial charge in [-0.25, -0.2) is 0 Å². The molecule has 1 rings (SSSR count). The van der Waals surface area contributed by atoms with Gasteiger partial charge in [0.1, 0.15) is 0 Å². The Labute approximate surface area is 106 Å². The molecular formula is C11H12O4Zn. The predicted octanol–water partition coefficient (Wildman–Crippen LogP) is 1.72. The molecular weight excluding hydrogens is 262 g/mol. The molecule has 16 heavy (non-hydrogen) atoms. The summed E-state index contributed by atoms with van der Waals surface area (Å²) in [6.07, 6.45) is -0.0134. The van der Waals surface area contributed by atoms with E-state index in [1.807, 2.05) is 0 Å². The third kappa shape index (κ3) is 4.54. The van der Waals surface area contributed by atoms with Gasteiger partial charge in [0.25, 0.3) is 0 Å². The molecule has 0 bridgehead atoms. The number of rotatable bonds is 5. The Morgan fingerprint density at radius 3 is 2.12 bits per heavy atom. The van der Waals surface area contributed by atoms with Gasteiger partial charge in [-0.1, -0.05) is 30.3 Å². The minimum absolute atomic E-state index is 0. The van der Waals surface area contributed by atoms with Crippen LogP contribution in [0.25, 0.3) is 0 Å². The summed E-state index contributed by atoms with van der Waals surface area (Å²) in [6.45, 7) is 0.